The minimum absolute atomic E-state index is 0.140. The summed E-state index contributed by atoms with van der Waals surface area (Å²) >= 11 is 0. The molecule has 0 saturated carbocycles. The van der Waals surface area contributed by atoms with Crippen LogP contribution in [0, 0.1) is 17.8 Å². The van der Waals surface area contributed by atoms with Crippen LogP contribution in [0.5, 0.6) is 0 Å². The highest BCUT2D eigenvalue weighted by molar-refractivity contribution is 5.67. The van der Waals surface area contributed by atoms with E-state index in [1.807, 2.05) is 0 Å². The molecule has 0 rings (SSSR count). The fourth-order valence-corrected chi connectivity index (χ4v) is 1.98. The largest absolute Gasteiger partial charge is 0.481 e. The maximum Gasteiger partial charge on any atom is 0.303 e. The van der Waals surface area contributed by atoms with Gasteiger partial charge in [0, 0.05) is 6.42 Å². The number of carboxylic acid groups (broad SMARTS) is 1. The maximum absolute atomic E-state index is 10.5. The first-order valence-corrected chi connectivity index (χ1v) is 5.37. The first-order chi connectivity index (χ1) is 6.45. The van der Waals surface area contributed by atoms with Crippen molar-refractivity contribution in [3.05, 3.63) is 0 Å². The molecule has 3 N–H and O–H groups in total. The molecular weight excluding hydrogens is 178 g/mol. The zero-order valence-electron chi connectivity index (χ0n) is 9.49. The van der Waals surface area contributed by atoms with Crippen LogP contribution in [0.4, 0.5) is 0 Å². The van der Waals surface area contributed by atoms with Gasteiger partial charge in [0.1, 0.15) is 0 Å². The number of nitrogens with two attached hydrogens (primary N) is 1. The lowest BCUT2D eigenvalue weighted by molar-refractivity contribution is -0.138. The van der Waals surface area contributed by atoms with Gasteiger partial charge in [0.05, 0.1) is 0 Å². The van der Waals surface area contributed by atoms with E-state index in [0.717, 1.165) is 12.8 Å². The summed E-state index contributed by atoms with van der Waals surface area (Å²) in [6.45, 7) is 7.02. The Morgan fingerprint density at radius 2 is 1.86 bits per heavy atom. The van der Waals surface area contributed by atoms with Crippen LogP contribution in [0.3, 0.4) is 0 Å². The lowest BCUT2D eigenvalue weighted by atomic mass is 9.88. The summed E-state index contributed by atoms with van der Waals surface area (Å²) in [5.41, 5.74) is 5.54. The number of rotatable bonds is 7. The van der Waals surface area contributed by atoms with Crippen LogP contribution in [-0.2, 0) is 4.79 Å². The van der Waals surface area contributed by atoms with E-state index in [1.54, 1.807) is 0 Å². The van der Waals surface area contributed by atoms with E-state index in [1.165, 1.54) is 0 Å². The first-order valence-electron chi connectivity index (χ1n) is 5.37. The highest BCUT2D eigenvalue weighted by Gasteiger charge is 2.15. The molecule has 0 unspecified atom stereocenters. The second kappa shape index (κ2) is 6.82. The average Bonchev–Trinajstić information content (AvgIpc) is 2.00. The summed E-state index contributed by atoms with van der Waals surface area (Å²) in [6, 6.07) is 0. The third-order valence-electron chi connectivity index (χ3n) is 2.41. The predicted octanol–water partition coefficient (Wildman–Crippen LogP) is 2.11. The van der Waals surface area contributed by atoms with Crippen molar-refractivity contribution in [1.82, 2.24) is 0 Å². The molecule has 0 bridgehead atoms. The lowest BCUT2D eigenvalue weighted by Crippen LogP contribution is -2.20. The zero-order chi connectivity index (χ0) is 11.1. The molecule has 3 nitrogen and oxygen atoms in total. The molecule has 0 radical (unpaired) electrons. The van der Waals surface area contributed by atoms with E-state index < -0.39 is 5.97 Å². The molecule has 0 aliphatic carbocycles. The number of hydrogen-bond donors (Lipinski definition) is 2. The van der Waals surface area contributed by atoms with Crippen molar-refractivity contribution >= 4 is 5.97 Å². The Labute approximate surface area is 86.7 Å². The van der Waals surface area contributed by atoms with Crippen molar-refractivity contribution in [3.63, 3.8) is 0 Å². The topological polar surface area (TPSA) is 63.3 Å². The standard InChI is InChI=1S/C11H23NO2/c1-8(2)4-9(3)5-10(7-12)6-11(13)14/h8-10H,4-7,12H2,1-3H3,(H,13,14)/t9-,10-/m0/s1. The van der Waals surface area contributed by atoms with Gasteiger partial charge in [0.25, 0.3) is 0 Å². The van der Waals surface area contributed by atoms with Crippen LogP contribution < -0.4 is 5.73 Å². The van der Waals surface area contributed by atoms with Crippen molar-refractivity contribution in [2.75, 3.05) is 6.54 Å². The van der Waals surface area contributed by atoms with Crippen molar-refractivity contribution < 1.29 is 9.90 Å². The molecule has 0 aliphatic heterocycles. The summed E-state index contributed by atoms with van der Waals surface area (Å²) in [6.07, 6.45) is 2.29. The number of carboxylic acids is 1. The Morgan fingerprint density at radius 3 is 2.21 bits per heavy atom. The smallest absolute Gasteiger partial charge is 0.303 e. The number of carbonyl (C=O) groups is 1. The van der Waals surface area contributed by atoms with Crippen LogP contribution in [0.1, 0.15) is 40.0 Å². The molecule has 0 aromatic rings. The van der Waals surface area contributed by atoms with Gasteiger partial charge < -0.3 is 10.8 Å². The van der Waals surface area contributed by atoms with Gasteiger partial charge in [-0.1, -0.05) is 20.8 Å². The summed E-state index contributed by atoms with van der Waals surface area (Å²) in [5, 5.41) is 8.65. The second-order valence-corrected chi connectivity index (χ2v) is 4.67. The monoisotopic (exact) mass is 201 g/mol. The maximum atomic E-state index is 10.5. The molecule has 84 valence electrons. The lowest BCUT2D eigenvalue weighted by Gasteiger charge is -2.19. The molecule has 14 heavy (non-hydrogen) atoms. The number of hydrogen-bond acceptors (Lipinski definition) is 2. The molecule has 0 aromatic carbocycles. The highest BCUT2D eigenvalue weighted by Crippen LogP contribution is 2.20. The Bertz CT molecular complexity index is 169. The first kappa shape index (κ1) is 13.4. The van der Waals surface area contributed by atoms with Gasteiger partial charge in [-0.05, 0) is 37.1 Å². The minimum atomic E-state index is -0.739. The SMILES string of the molecule is CC(C)C[C@H](C)C[C@H](CN)CC(=O)O. The normalized spacial score (nSPS) is 15.5. The molecular formula is C11H23NO2. The molecule has 3 heteroatoms. The van der Waals surface area contributed by atoms with Crippen molar-refractivity contribution in [2.45, 2.75) is 40.0 Å². The fraction of sp³-hybridized carbons (Fsp3) is 0.909. The van der Waals surface area contributed by atoms with Gasteiger partial charge in [-0.3, -0.25) is 4.79 Å². The van der Waals surface area contributed by atoms with E-state index in [-0.39, 0.29) is 12.3 Å². The van der Waals surface area contributed by atoms with Gasteiger partial charge in [-0.2, -0.15) is 0 Å². The van der Waals surface area contributed by atoms with E-state index >= 15 is 0 Å². The second-order valence-electron chi connectivity index (χ2n) is 4.67. The van der Waals surface area contributed by atoms with Gasteiger partial charge in [-0.15, -0.1) is 0 Å². The van der Waals surface area contributed by atoms with E-state index in [9.17, 15) is 4.79 Å². The van der Waals surface area contributed by atoms with E-state index in [4.69, 9.17) is 10.8 Å². The number of aliphatic carboxylic acids is 1. The van der Waals surface area contributed by atoms with Crippen molar-refractivity contribution in [1.29, 1.82) is 0 Å². The summed E-state index contributed by atoms with van der Waals surface area (Å²) in [4.78, 5) is 10.5. The molecule has 0 aromatic heterocycles. The minimum Gasteiger partial charge on any atom is -0.481 e. The third-order valence-corrected chi connectivity index (χ3v) is 2.41. The zero-order valence-corrected chi connectivity index (χ0v) is 9.49. The predicted molar refractivity (Wildman–Crippen MR) is 58.0 cm³/mol. The molecule has 2 atom stereocenters. The Hall–Kier alpha value is -0.570. The van der Waals surface area contributed by atoms with Crippen molar-refractivity contribution in [2.24, 2.45) is 23.5 Å². The van der Waals surface area contributed by atoms with Crippen LogP contribution >= 0.6 is 0 Å². The third kappa shape index (κ3) is 6.89. The van der Waals surface area contributed by atoms with Crippen LogP contribution in [-0.4, -0.2) is 17.6 Å². The molecule has 0 aliphatic rings. The average molecular weight is 201 g/mol. The van der Waals surface area contributed by atoms with E-state index in [2.05, 4.69) is 20.8 Å². The van der Waals surface area contributed by atoms with Gasteiger partial charge in [0.2, 0.25) is 0 Å². The van der Waals surface area contributed by atoms with Crippen LogP contribution in [0.25, 0.3) is 0 Å². The Kier molecular flexibility index (Phi) is 6.54. The van der Waals surface area contributed by atoms with E-state index in [0.29, 0.717) is 18.4 Å². The van der Waals surface area contributed by atoms with Crippen LogP contribution in [0.2, 0.25) is 0 Å². The van der Waals surface area contributed by atoms with Gasteiger partial charge in [0.15, 0.2) is 0 Å². The quantitative estimate of drug-likeness (QED) is 0.663. The Balaban J connectivity index is 3.85. The van der Waals surface area contributed by atoms with Gasteiger partial charge >= 0.3 is 5.97 Å². The van der Waals surface area contributed by atoms with Crippen molar-refractivity contribution in [3.8, 4) is 0 Å². The molecule has 0 fully saturated rings. The molecule has 0 saturated heterocycles. The highest BCUT2D eigenvalue weighted by atomic mass is 16.4. The Morgan fingerprint density at radius 1 is 1.29 bits per heavy atom. The molecule has 0 spiro atoms. The summed E-state index contributed by atoms with van der Waals surface area (Å²) in [5.74, 6) is 0.648. The fourth-order valence-electron chi connectivity index (χ4n) is 1.98. The molecule has 0 heterocycles. The summed E-state index contributed by atoms with van der Waals surface area (Å²) < 4.78 is 0. The summed E-state index contributed by atoms with van der Waals surface area (Å²) in [7, 11) is 0. The molecule has 0 amide bonds. The van der Waals surface area contributed by atoms with Crippen LogP contribution in [0.15, 0.2) is 0 Å². The van der Waals surface area contributed by atoms with Gasteiger partial charge in [-0.25, -0.2) is 0 Å².